The fourth-order valence-corrected chi connectivity index (χ4v) is 4.68. The fraction of sp³-hybridized carbons (Fsp3) is 0.778. The Morgan fingerprint density at radius 2 is 2.22 bits per heavy atom. The molecule has 0 radical (unpaired) electrons. The summed E-state index contributed by atoms with van der Waals surface area (Å²) in [7, 11) is 0. The summed E-state index contributed by atoms with van der Waals surface area (Å²) in [6.07, 6.45) is 7.34. The normalized spacial score (nSPS) is 26.4. The van der Waals surface area contributed by atoms with E-state index >= 15 is 0 Å². The lowest BCUT2D eigenvalue weighted by Gasteiger charge is -2.48. The Balaban J connectivity index is 1.61. The Morgan fingerprint density at radius 3 is 2.96 bits per heavy atom. The van der Waals surface area contributed by atoms with Gasteiger partial charge in [-0.3, -0.25) is 9.69 Å². The van der Waals surface area contributed by atoms with Crippen LogP contribution >= 0.6 is 11.3 Å². The largest absolute Gasteiger partial charge is 0.342 e. The number of hydrogen-bond donors (Lipinski definition) is 0. The van der Waals surface area contributed by atoms with Gasteiger partial charge in [0.25, 0.3) is 0 Å². The van der Waals surface area contributed by atoms with Crippen molar-refractivity contribution in [2.75, 3.05) is 26.2 Å². The molecule has 0 aromatic carbocycles. The average Bonchev–Trinajstić information content (AvgIpc) is 3.02. The number of likely N-dealkylation sites (tertiary alicyclic amines) is 2. The zero-order valence-corrected chi connectivity index (χ0v) is 15.3. The molecule has 5 heteroatoms. The van der Waals surface area contributed by atoms with Gasteiger partial charge < -0.3 is 4.90 Å². The molecule has 4 nitrogen and oxygen atoms in total. The molecule has 0 N–H and O–H groups in total. The van der Waals surface area contributed by atoms with E-state index in [2.05, 4.69) is 34.0 Å². The zero-order valence-electron chi connectivity index (χ0n) is 14.5. The summed E-state index contributed by atoms with van der Waals surface area (Å²) in [5, 5.41) is 3.27. The molecule has 2 aliphatic heterocycles. The summed E-state index contributed by atoms with van der Waals surface area (Å²) >= 11 is 1.75. The van der Waals surface area contributed by atoms with Crippen molar-refractivity contribution < 1.29 is 4.79 Å². The highest BCUT2D eigenvalue weighted by molar-refractivity contribution is 7.09. The van der Waals surface area contributed by atoms with Crippen LogP contribution in [0.15, 0.2) is 11.6 Å². The van der Waals surface area contributed by atoms with Crippen molar-refractivity contribution in [3.63, 3.8) is 0 Å². The van der Waals surface area contributed by atoms with Crippen molar-refractivity contribution in [1.29, 1.82) is 0 Å². The van der Waals surface area contributed by atoms with Gasteiger partial charge in [-0.15, -0.1) is 11.3 Å². The third kappa shape index (κ3) is 4.32. The van der Waals surface area contributed by atoms with Gasteiger partial charge in [-0.05, 0) is 38.1 Å². The van der Waals surface area contributed by atoms with Crippen molar-refractivity contribution >= 4 is 17.2 Å². The third-order valence-corrected chi connectivity index (χ3v) is 6.07. The summed E-state index contributed by atoms with van der Waals surface area (Å²) in [5.41, 5.74) is 0.320. The van der Waals surface area contributed by atoms with E-state index in [0.29, 0.717) is 17.2 Å². The first-order valence-electron chi connectivity index (χ1n) is 8.95. The van der Waals surface area contributed by atoms with Crippen LogP contribution in [-0.2, 0) is 11.3 Å². The summed E-state index contributed by atoms with van der Waals surface area (Å²) in [4.78, 5) is 21.4. The first-order chi connectivity index (χ1) is 11.1. The molecule has 0 aliphatic carbocycles. The monoisotopic (exact) mass is 335 g/mol. The molecule has 1 spiro atoms. The lowest BCUT2D eigenvalue weighted by atomic mass is 9.73. The maximum atomic E-state index is 12.3. The molecule has 3 heterocycles. The van der Waals surface area contributed by atoms with Crippen LogP contribution in [0.5, 0.6) is 0 Å². The molecular formula is C18H29N3OS. The molecule has 1 aromatic heterocycles. The molecule has 0 bridgehead atoms. The average molecular weight is 336 g/mol. The van der Waals surface area contributed by atoms with Crippen LogP contribution in [0.4, 0.5) is 0 Å². The Morgan fingerprint density at radius 1 is 1.35 bits per heavy atom. The van der Waals surface area contributed by atoms with Crippen LogP contribution in [0.2, 0.25) is 0 Å². The first kappa shape index (κ1) is 16.9. The van der Waals surface area contributed by atoms with Crippen molar-refractivity contribution in [1.82, 2.24) is 14.8 Å². The van der Waals surface area contributed by atoms with Gasteiger partial charge in [-0.2, -0.15) is 0 Å². The number of carbonyl (C=O) groups excluding carboxylic acids is 1. The van der Waals surface area contributed by atoms with Gasteiger partial charge in [0.1, 0.15) is 5.01 Å². The van der Waals surface area contributed by atoms with Crippen molar-refractivity contribution in [2.45, 2.75) is 52.5 Å². The van der Waals surface area contributed by atoms with Gasteiger partial charge in [0, 0.05) is 43.0 Å². The van der Waals surface area contributed by atoms with E-state index in [1.165, 1.54) is 24.4 Å². The van der Waals surface area contributed by atoms with Gasteiger partial charge in [-0.25, -0.2) is 4.98 Å². The maximum absolute atomic E-state index is 12.3. The van der Waals surface area contributed by atoms with E-state index in [-0.39, 0.29) is 0 Å². The minimum atomic E-state index is 0.320. The number of thiazole rings is 1. The minimum Gasteiger partial charge on any atom is -0.342 e. The quantitative estimate of drug-likeness (QED) is 0.827. The molecule has 1 amide bonds. The lowest BCUT2D eigenvalue weighted by molar-refractivity contribution is -0.139. The number of nitrogens with zero attached hydrogens (tertiary/aromatic N) is 3. The molecule has 1 atom stereocenters. The second-order valence-corrected chi connectivity index (χ2v) is 8.72. The molecule has 2 saturated heterocycles. The van der Waals surface area contributed by atoms with Gasteiger partial charge in [0.05, 0.1) is 6.54 Å². The number of rotatable bonds is 5. The van der Waals surface area contributed by atoms with E-state index in [1.807, 2.05) is 6.20 Å². The Bertz CT molecular complexity index is 516. The van der Waals surface area contributed by atoms with Gasteiger partial charge in [-0.1, -0.05) is 13.8 Å². The second-order valence-electron chi connectivity index (χ2n) is 7.74. The van der Waals surface area contributed by atoms with Gasteiger partial charge in [0.15, 0.2) is 0 Å². The highest BCUT2D eigenvalue weighted by atomic mass is 32.1. The molecule has 3 rings (SSSR count). The van der Waals surface area contributed by atoms with Gasteiger partial charge >= 0.3 is 0 Å². The Kier molecular flexibility index (Phi) is 5.37. The topological polar surface area (TPSA) is 36.4 Å². The van der Waals surface area contributed by atoms with E-state index in [0.717, 1.165) is 45.4 Å². The molecule has 0 saturated carbocycles. The standard InChI is InChI=1S/C18H29N3OS/c1-15(2)5-10-21-14-18(7-4-17(21)22)6-3-9-20(13-18)12-16-19-8-11-23-16/h8,11,15H,3-7,9-10,12-14H2,1-2H3. The summed E-state index contributed by atoms with van der Waals surface area (Å²) < 4.78 is 0. The van der Waals surface area contributed by atoms with Crippen LogP contribution in [-0.4, -0.2) is 46.9 Å². The van der Waals surface area contributed by atoms with Crippen LogP contribution in [0, 0.1) is 11.3 Å². The molecule has 1 unspecified atom stereocenters. The number of carbonyl (C=O) groups is 1. The molecular weight excluding hydrogens is 306 g/mol. The van der Waals surface area contributed by atoms with E-state index in [9.17, 15) is 4.79 Å². The second kappa shape index (κ2) is 7.31. The predicted molar refractivity (Wildman–Crippen MR) is 94.3 cm³/mol. The highest BCUT2D eigenvalue weighted by Crippen LogP contribution is 2.39. The molecule has 23 heavy (non-hydrogen) atoms. The maximum Gasteiger partial charge on any atom is 0.222 e. The third-order valence-electron chi connectivity index (χ3n) is 5.31. The Labute approximate surface area is 143 Å². The van der Waals surface area contributed by atoms with Crippen LogP contribution < -0.4 is 0 Å². The fourth-order valence-electron chi connectivity index (χ4n) is 4.02. The molecule has 1 aromatic rings. The Hall–Kier alpha value is -0.940. The SMILES string of the molecule is CC(C)CCN1CC2(CCCN(Cc3nccs3)C2)CCC1=O. The summed E-state index contributed by atoms with van der Waals surface area (Å²) in [5.74, 6) is 1.03. The van der Waals surface area contributed by atoms with Crippen LogP contribution in [0.3, 0.4) is 0 Å². The van der Waals surface area contributed by atoms with E-state index in [4.69, 9.17) is 0 Å². The number of amides is 1. The molecule has 2 fully saturated rings. The highest BCUT2D eigenvalue weighted by Gasteiger charge is 2.41. The minimum absolute atomic E-state index is 0.320. The van der Waals surface area contributed by atoms with E-state index in [1.54, 1.807) is 11.3 Å². The lowest BCUT2D eigenvalue weighted by Crippen LogP contribution is -2.54. The van der Waals surface area contributed by atoms with Crippen LogP contribution in [0.1, 0.15) is 51.0 Å². The van der Waals surface area contributed by atoms with Crippen molar-refractivity contribution in [3.8, 4) is 0 Å². The molecule has 128 valence electrons. The number of aromatic nitrogens is 1. The smallest absolute Gasteiger partial charge is 0.222 e. The first-order valence-corrected chi connectivity index (χ1v) is 9.83. The van der Waals surface area contributed by atoms with Crippen LogP contribution in [0.25, 0.3) is 0 Å². The number of piperidine rings is 2. The number of hydrogen-bond acceptors (Lipinski definition) is 4. The van der Waals surface area contributed by atoms with E-state index < -0.39 is 0 Å². The molecule has 2 aliphatic rings. The van der Waals surface area contributed by atoms with Gasteiger partial charge in [0.2, 0.25) is 5.91 Å². The predicted octanol–water partition coefficient (Wildman–Crippen LogP) is 3.39. The zero-order chi connectivity index (χ0) is 16.3. The van der Waals surface area contributed by atoms with Crippen molar-refractivity contribution in [3.05, 3.63) is 16.6 Å². The van der Waals surface area contributed by atoms with Crippen molar-refractivity contribution in [2.24, 2.45) is 11.3 Å². The summed E-state index contributed by atoms with van der Waals surface area (Å²) in [6.45, 7) is 9.64. The summed E-state index contributed by atoms with van der Waals surface area (Å²) in [6, 6.07) is 0.